The molecule has 0 aromatic heterocycles. The maximum Gasteiger partial charge on any atom is 0.00334 e. The van der Waals surface area contributed by atoms with Crippen LogP contribution in [0.25, 0.3) is 0 Å². The fourth-order valence-electron chi connectivity index (χ4n) is 0.201. The third-order valence-corrected chi connectivity index (χ3v) is 2.86. The van der Waals surface area contributed by atoms with Gasteiger partial charge in [0.25, 0.3) is 0 Å². The fraction of sp³-hybridized carbons (Fsp3) is 0.800. The monoisotopic (exact) mass is 224 g/mol. The minimum absolute atomic E-state index is 0. The molecule has 0 bridgehead atoms. The second-order valence-corrected chi connectivity index (χ2v) is 3.85. The molecular weight excluding hydrogens is 213 g/mol. The van der Waals surface area contributed by atoms with E-state index in [-0.39, 0.29) is 32.7 Å². The molecule has 0 unspecified atom stereocenters. The van der Waals surface area contributed by atoms with Crippen molar-refractivity contribution in [2.24, 2.45) is 0 Å². The number of rotatable bonds is 4. The van der Waals surface area contributed by atoms with Crippen LogP contribution in [0.1, 0.15) is 13.3 Å². The second-order valence-electron chi connectivity index (χ2n) is 1.14. The molecule has 0 spiro atoms. The fourth-order valence-corrected chi connectivity index (χ4v) is 1.81. The topological polar surface area (TPSA) is 0 Å². The molecule has 0 aliphatic rings. The summed E-state index contributed by atoms with van der Waals surface area (Å²) >= 11 is 0. The van der Waals surface area contributed by atoms with E-state index in [2.05, 4.69) is 13.8 Å². The second kappa shape index (κ2) is 11.6. The van der Waals surface area contributed by atoms with Gasteiger partial charge in [-0.25, -0.2) is 0 Å². The molecule has 0 aliphatic carbocycles. The zero-order valence-corrected chi connectivity index (χ0v) is 9.69. The molecular formula is C5H11S2Y-. The van der Waals surface area contributed by atoms with Gasteiger partial charge < -0.3 is 6.92 Å². The Morgan fingerprint density at radius 3 is 2.38 bits per heavy atom. The zero-order valence-electron chi connectivity index (χ0n) is 5.22. The minimum atomic E-state index is 0. The zero-order chi connectivity index (χ0) is 5.54. The Hall–Kier alpha value is 1.80. The van der Waals surface area contributed by atoms with E-state index in [1.54, 1.807) is 0 Å². The third kappa shape index (κ3) is 10.7. The van der Waals surface area contributed by atoms with Crippen molar-refractivity contribution in [1.82, 2.24) is 0 Å². The summed E-state index contributed by atoms with van der Waals surface area (Å²) in [5.74, 6) is 2.25. The molecule has 0 saturated carbocycles. The summed E-state index contributed by atoms with van der Waals surface area (Å²) in [6, 6.07) is 0. The standard InChI is InChI=1S/C5H11S2.Y/c1-3-5-7-6-4-2;/h2-5H2,1H3;/q-1;. The molecule has 0 heterocycles. The molecule has 0 amide bonds. The average molecular weight is 224 g/mol. The van der Waals surface area contributed by atoms with Gasteiger partial charge in [0.05, 0.1) is 0 Å². The molecule has 1 radical (unpaired) electrons. The SMILES string of the molecule is [CH2-]CSSCCC.[Y]. The van der Waals surface area contributed by atoms with Gasteiger partial charge in [-0.1, -0.05) is 17.7 Å². The summed E-state index contributed by atoms with van der Waals surface area (Å²) in [4.78, 5) is 0. The molecule has 0 saturated heterocycles. The van der Waals surface area contributed by atoms with Crippen LogP contribution in [0.5, 0.6) is 0 Å². The van der Waals surface area contributed by atoms with Crippen LogP contribution in [0, 0.1) is 6.92 Å². The predicted octanol–water partition coefficient (Wildman–Crippen LogP) is 2.61. The average Bonchev–Trinajstić information content (AvgIpc) is 1.69. The Morgan fingerprint density at radius 1 is 1.38 bits per heavy atom. The van der Waals surface area contributed by atoms with Crippen LogP contribution in [0.3, 0.4) is 0 Å². The van der Waals surface area contributed by atoms with E-state index < -0.39 is 0 Å². The van der Waals surface area contributed by atoms with Gasteiger partial charge in [-0.15, -0.1) is 16.5 Å². The predicted molar refractivity (Wildman–Crippen MR) is 40.6 cm³/mol. The molecule has 0 N–H and O–H groups in total. The van der Waals surface area contributed by atoms with E-state index in [4.69, 9.17) is 0 Å². The van der Waals surface area contributed by atoms with E-state index >= 15 is 0 Å². The molecule has 0 aliphatic heterocycles. The first kappa shape index (κ1) is 12.5. The maximum atomic E-state index is 3.70. The molecule has 3 heteroatoms. The van der Waals surface area contributed by atoms with Gasteiger partial charge in [-0.3, -0.25) is 0 Å². The van der Waals surface area contributed by atoms with Crippen molar-refractivity contribution in [3.63, 3.8) is 0 Å². The van der Waals surface area contributed by atoms with Gasteiger partial charge in [0.1, 0.15) is 0 Å². The first-order valence-electron chi connectivity index (χ1n) is 2.45. The van der Waals surface area contributed by atoms with Crippen molar-refractivity contribution in [2.75, 3.05) is 11.5 Å². The Bertz CT molecular complexity index is 29.6. The molecule has 8 heavy (non-hydrogen) atoms. The molecule has 47 valence electrons. The Kier molecular flexibility index (Phi) is 18.1. The van der Waals surface area contributed by atoms with Crippen LogP contribution in [-0.4, -0.2) is 11.5 Å². The van der Waals surface area contributed by atoms with Crippen molar-refractivity contribution >= 4 is 21.6 Å². The van der Waals surface area contributed by atoms with Gasteiger partial charge in [0.15, 0.2) is 0 Å². The van der Waals surface area contributed by atoms with Crippen LogP contribution in [0.4, 0.5) is 0 Å². The van der Waals surface area contributed by atoms with Gasteiger partial charge >= 0.3 is 0 Å². The summed E-state index contributed by atoms with van der Waals surface area (Å²) in [7, 11) is 3.75. The third-order valence-electron chi connectivity index (χ3n) is 0.454. The van der Waals surface area contributed by atoms with Crippen molar-refractivity contribution in [1.29, 1.82) is 0 Å². The van der Waals surface area contributed by atoms with Crippen LogP contribution in [0.2, 0.25) is 0 Å². The largest absolute Gasteiger partial charge is 0.333 e. The van der Waals surface area contributed by atoms with E-state index in [9.17, 15) is 0 Å². The molecule has 0 fully saturated rings. The van der Waals surface area contributed by atoms with Crippen molar-refractivity contribution < 1.29 is 32.7 Å². The summed E-state index contributed by atoms with van der Waals surface area (Å²) < 4.78 is 0. The quantitative estimate of drug-likeness (QED) is 0.409. The van der Waals surface area contributed by atoms with Gasteiger partial charge in [-0.05, 0) is 6.42 Å². The molecule has 0 atom stereocenters. The van der Waals surface area contributed by atoms with Crippen LogP contribution < -0.4 is 0 Å². The van der Waals surface area contributed by atoms with E-state index in [0.717, 1.165) is 5.75 Å². The molecule has 0 aromatic rings. The van der Waals surface area contributed by atoms with Crippen LogP contribution >= 0.6 is 21.6 Å². The summed E-state index contributed by atoms with van der Waals surface area (Å²) in [5.41, 5.74) is 0. The Balaban J connectivity index is 0. The maximum absolute atomic E-state index is 3.70. The Morgan fingerprint density at radius 2 is 2.00 bits per heavy atom. The summed E-state index contributed by atoms with van der Waals surface area (Å²) in [5, 5.41) is 0. The van der Waals surface area contributed by atoms with Gasteiger partial charge in [0.2, 0.25) is 0 Å². The van der Waals surface area contributed by atoms with Gasteiger partial charge in [-0.2, -0.15) is 0 Å². The number of hydrogen-bond donors (Lipinski definition) is 0. The normalized spacial score (nSPS) is 8.25. The minimum Gasteiger partial charge on any atom is -0.333 e. The van der Waals surface area contributed by atoms with Crippen LogP contribution in [0.15, 0.2) is 0 Å². The summed E-state index contributed by atoms with van der Waals surface area (Å²) in [6.07, 6.45) is 1.28. The molecule has 0 rings (SSSR count). The van der Waals surface area contributed by atoms with Crippen molar-refractivity contribution in [3.05, 3.63) is 6.92 Å². The first-order chi connectivity index (χ1) is 3.41. The first-order valence-corrected chi connectivity index (χ1v) is 4.94. The summed E-state index contributed by atoms with van der Waals surface area (Å²) in [6.45, 7) is 5.89. The van der Waals surface area contributed by atoms with Crippen LogP contribution in [-0.2, 0) is 32.7 Å². The van der Waals surface area contributed by atoms with Gasteiger partial charge in [0, 0.05) is 38.5 Å². The van der Waals surface area contributed by atoms with E-state index in [0.29, 0.717) is 0 Å². The van der Waals surface area contributed by atoms with Crippen molar-refractivity contribution in [3.8, 4) is 0 Å². The van der Waals surface area contributed by atoms with Crippen molar-refractivity contribution in [2.45, 2.75) is 13.3 Å². The van der Waals surface area contributed by atoms with E-state index in [1.165, 1.54) is 12.2 Å². The number of hydrogen-bond acceptors (Lipinski definition) is 2. The van der Waals surface area contributed by atoms with E-state index in [1.807, 2.05) is 21.6 Å². The smallest absolute Gasteiger partial charge is 0.00334 e. The molecule has 0 aromatic carbocycles. The Labute approximate surface area is 85.2 Å². The molecule has 0 nitrogen and oxygen atoms in total.